The summed E-state index contributed by atoms with van der Waals surface area (Å²) in [4.78, 5) is 4.92. The summed E-state index contributed by atoms with van der Waals surface area (Å²) in [5, 5.41) is 14.3. The van der Waals surface area contributed by atoms with Crippen molar-refractivity contribution >= 4 is 12.3 Å². The van der Waals surface area contributed by atoms with Gasteiger partial charge in [-0.3, -0.25) is 0 Å². The van der Waals surface area contributed by atoms with E-state index in [0.29, 0.717) is 5.96 Å². The number of hydrogen-bond acceptors (Lipinski definition) is 5. The smallest absolute Gasteiger partial charge is 0.195 e. The maximum atomic E-state index is 3.73. The standard InChI is InChI=1S/C3H2N7/c1-4-3(8-5-1)10-7-2-6-9-10/h1-2H. The second kappa shape index (κ2) is 1.87. The molecule has 0 aliphatic carbocycles. The van der Waals surface area contributed by atoms with Gasteiger partial charge in [-0.05, 0) is 5.21 Å². The maximum Gasteiger partial charge on any atom is 0.290 e. The Kier molecular flexibility index (Phi) is 0.938. The summed E-state index contributed by atoms with van der Waals surface area (Å²) in [6, 6.07) is 0. The van der Waals surface area contributed by atoms with Gasteiger partial charge in [-0.2, -0.15) is 4.99 Å². The van der Waals surface area contributed by atoms with Crippen molar-refractivity contribution in [3.8, 4) is 0 Å². The molecule has 0 bridgehead atoms. The summed E-state index contributed by atoms with van der Waals surface area (Å²) < 4.78 is 0. The molecule has 10 heavy (non-hydrogen) atoms. The average molecular weight is 136 g/mol. The summed E-state index contributed by atoms with van der Waals surface area (Å²) in [5.74, 6) is 0.331. The molecule has 0 amide bonds. The van der Waals surface area contributed by atoms with E-state index in [0.717, 1.165) is 0 Å². The van der Waals surface area contributed by atoms with Crippen molar-refractivity contribution < 1.29 is 0 Å². The Morgan fingerprint density at radius 1 is 1.40 bits per heavy atom. The van der Waals surface area contributed by atoms with Gasteiger partial charge in [0.2, 0.25) is 0 Å². The zero-order chi connectivity index (χ0) is 6.81. The number of aromatic nitrogens is 4. The Morgan fingerprint density at radius 3 is 3.00 bits per heavy atom. The first-order valence-electron chi connectivity index (χ1n) is 2.50. The van der Waals surface area contributed by atoms with E-state index in [-0.39, 0.29) is 0 Å². The summed E-state index contributed by atoms with van der Waals surface area (Å²) in [7, 11) is 0. The highest BCUT2D eigenvalue weighted by atomic mass is 15.6. The monoisotopic (exact) mass is 136 g/mol. The molecule has 0 N–H and O–H groups in total. The Balaban J connectivity index is 2.36. The van der Waals surface area contributed by atoms with Gasteiger partial charge in [-0.1, -0.05) is 4.80 Å². The fourth-order valence-corrected chi connectivity index (χ4v) is 0.531. The molecule has 2 rings (SSSR count). The predicted molar refractivity (Wildman–Crippen MR) is 31.3 cm³/mol. The van der Waals surface area contributed by atoms with Crippen molar-refractivity contribution in [3.05, 3.63) is 6.33 Å². The number of hydrogen-bond donors (Lipinski definition) is 0. The first-order chi connectivity index (χ1) is 4.97. The molecule has 0 aromatic carbocycles. The van der Waals surface area contributed by atoms with Crippen LogP contribution in [0.15, 0.2) is 16.4 Å². The Labute approximate surface area is 55.4 Å². The molecule has 1 aliphatic rings. The summed E-state index contributed by atoms with van der Waals surface area (Å²) in [5.41, 5.74) is 3.49. The first-order valence-corrected chi connectivity index (χ1v) is 2.50. The van der Waals surface area contributed by atoms with Gasteiger partial charge in [0.25, 0.3) is 5.96 Å². The molecule has 7 nitrogen and oxygen atoms in total. The van der Waals surface area contributed by atoms with Crippen molar-refractivity contribution in [1.82, 2.24) is 25.6 Å². The lowest BCUT2D eigenvalue weighted by Gasteiger charge is -1.86. The van der Waals surface area contributed by atoms with E-state index in [1.165, 1.54) is 17.5 Å². The summed E-state index contributed by atoms with van der Waals surface area (Å²) in [6.45, 7) is 0. The zero-order valence-electron chi connectivity index (χ0n) is 4.79. The Bertz CT molecular complexity index is 269. The van der Waals surface area contributed by atoms with Crippen LogP contribution in [0.25, 0.3) is 0 Å². The van der Waals surface area contributed by atoms with E-state index in [2.05, 4.69) is 30.9 Å². The van der Waals surface area contributed by atoms with Crippen LogP contribution in [0, 0.1) is 0 Å². The van der Waals surface area contributed by atoms with E-state index in [1.807, 2.05) is 0 Å². The molecule has 1 aliphatic heterocycles. The minimum absolute atomic E-state index is 0.331. The summed E-state index contributed by atoms with van der Waals surface area (Å²) in [6.07, 6.45) is 2.62. The van der Waals surface area contributed by atoms with Crippen LogP contribution in [-0.2, 0) is 0 Å². The van der Waals surface area contributed by atoms with E-state index in [1.54, 1.807) is 0 Å². The quantitative estimate of drug-likeness (QED) is 0.432. The highest BCUT2D eigenvalue weighted by Gasteiger charge is 2.05. The molecule has 0 fully saturated rings. The summed E-state index contributed by atoms with van der Waals surface area (Å²) >= 11 is 0. The third-order valence-corrected chi connectivity index (χ3v) is 0.900. The third kappa shape index (κ3) is 0.642. The molecule has 0 saturated carbocycles. The third-order valence-electron chi connectivity index (χ3n) is 0.900. The Morgan fingerprint density at radius 2 is 2.40 bits per heavy atom. The normalized spacial score (nSPS) is 15.0. The molecule has 0 atom stereocenters. The molecule has 2 heterocycles. The Hall–Kier alpha value is -1.79. The molecule has 1 radical (unpaired) electrons. The van der Waals surface area contributed by atoms with Gasteiger partial charge in [-0.15, -0.1) is 20.7 Å². The highest BCUT2D eigenvalue weighted by Crippen LogP contribution is 1.85. The van der Waals surface area contributed by atoms with Crippen LogP contribution >= 0.6 is 0 Å². The van der Waals surface area contributed by atoms with Crippen molar-refractivity contribution in [2.75, 3.05) is 0 Å². The maximum absolute atomic E-state index is 3.73. The fraction of sp³-hybridized carbons (Fsp3) is 0. The second-order valence-corrected chi connectivity index (χ2v) is 1.49. The average Bonchev–Trinajstić information content (AvgIpc) is 2.59. The first kappa shape index (κ1) is 5.03. The molecular weight excluding hydrogens is 134 g/mol. The lowest BCUT2D eigenvalue weighted by molar-refractivity contribution is 0.750. The van der Waals surface area contributed by atoms with Crippen LogP contribution in [0.4, 0.5) is 0 Å². The lowest BCUT2D eigenvalue weighted by atomic mass is 11.0. The molecule has 1 aromatic heterocycles. The van der Waals surface area contributed by atoms with Gasteiger partial charge in [0.15, 0.2) is 6.33 Å². The molecule has 7 heteroatoms. The van der Waals surface area contributed by atoms with Crippen LogP contribution in [0.2, 0.25) is 0 Å². The van der Waals surface area contributed by atoms with Crippen molar-refractivity contribution in [1.29, 1.82) is 0 Å². The van der Waals surface area contributed by atoms with Gasteiger partial charge in [0, 0.05) is 0 Å². The van der Waals surface area contributed by atoms with Crippen molar-refractivity contribution in [3.63, 3.8) is 0 Å². The van der Waals surface area contributed by atoms with Crippen LogP contribution in [0.3, 0.4) is 0 Å². The zero-order valence-corrected chi connectivity index (χ0v) is 4.79. The number of aliphatic imine (C=N–C) groups is 1. The van der Waals surface area contributed by atoms with Crippen LogP contribution in [0.1, 0.15) is 0 Å². The van der Waals surface area contributed by atoms with Gasteiger partial charge in [-0.25, -0.2) is 0 Å². The SMILES string of the molecule is C1=NC(n2ncnn2)=N[N]1. The van der Waals surface area contributed by atoms with E-state index < -0.39 is 0 Å². The van der Waals surface area contributed by atoms with Crippen molar-refractivity contribution in [2.45, 2.75) is 0 Å². The minimum atomic E-state index is 0.331. The van der Waals surface area contributed by atoms with Gasteiger partial charge < -0.3 is 0 Å². The van der Waals surface area contributed by atoms with Crippen LogP contribution in [0.5, 0.6) is 0 Å². The largest absolute Gasteiger partial charge is 0.290 e. The topological polar surface area (TPSA) is 82.4 Å². The highest BCUT2D eigenvalue weighted by molar-refractivity contribution is 5.90. The van der Waals surface area contributed by atoms with E-state index in [4.69, 9.17) is 0 Å². The van der Waals surface area contributed by atoms with Gasteiger partial charge in [0.1, 0.15) is 6.34 Å². The second-order valence-electron chi connectivity index (χ2n) is 1.49. The van der Waals surface area contributed by atoms with Crippen LogP contribution < -0.4 is 5.43 Å². The number of nitrogens with zero attached hydrogens (tertiary/aromatic N) is 7. The fourth-order valence-electron chi connectivity index (χ4n) is 0.531. The number of tetrazole rings is 1. The van der Waals surface area contributed by atoms with E-state index in [9.17, 15) is 0 Å². The number of rotatable bonds is 0. The lowest BCUT2D eigenvalue weighted by Crippen LogP contribution is -2.11. The molecule has 0 unspecified atom stereocenters. The van der Waals surface area contributed by atoms with Crippen molar-refractivity contribution in [2.24, 2.45) is 10.1 Å². The minimum Gasteiger partial charge on any atom is -0.195 e. The van der Waals surface area contributed by atoms with E-state index >= 15 is 0 Å². The van der Waals surface area contributed by atoms with Gasteiger partial charge in [0.05, 0.1) is 0 Å². The van der Waals surface area contributed by atoms with Crippen LogP contribution in [-0.4, -0.2) is 32.5 Å². The molecule has 1 aromatic rings. The molecule has 0 saturated heterocycles. The molecule has 49 valence electrons. The molecule has 0 spiro atoms. The van der Waals surface area contributed by atoms with Gasteiger partial charge >= 0.3 is 0 Å². The molecular formula is C3H2N7. The predicted octanol–water partition coefficient (Wildman–Crippen LogP) is -1.56.